The van der Waals surface area contributed by atoms with Crippen LogP contribution < -0.4 is 0 Å². The number of rotatable bonds is 0. The van der Waals surface area contributed by atoms with E-state index in [1.54, 1.807) is 6.92 Å². The molecule has 0 fully saturated rings. The number of carbonyl (C=O) groups excluding carboxylic acids is 2. The minimum Gasteiger partial charge on any atom is -0.286 e. The summed E-state index contributed by atoms with van der Waals surface area (Å²) in [4.78, 5) is 21.1. The second-order valence-corrected chi connectivity index (χ2v) is 1.80. The van der Waals surface area contributed by atoms with Crippen molar-refractivity contribution in [3.05, 3.63) is 23.8 Å². The number of Topliss-reactive ketones (excluding diaryl/α,β-unsaturated/α-hetero) is 1. The fourth-order valence-electron chi connectivity index (χ4n) is 0.568. The molecule has 0 aromatic rings. The molecule has 0 aromatic carbocycles. The molecule has 0 atom stereocenters. The fraction of sp³-hybridized carbons (Fsp3) is 0.143. The summed E-state index contributed by atoms with van der Waals surface area (Å²) in [6.07, 6.45) is 5.30. The van der Waals surface area contributed by atoms with Crippen molar-refractivity contribution in [3.8, 4) is 0 Å². The second kappa shape index (κ2) is 1.97. The molecule has 0 bridgehead atoms. The van der Waals surface area contributed by atoms with E-state index < -0.39 is 11.6 Å². The van der Waals surface area contributed by atoms with Gasteiger partial charge in [0.1, 0.15) is 0 Å². The van der Waals surface area contributed by atoms with Crippen LogP contribution in [0.3, 0.4) is 0 Å². The molecule has 0 aliphatic heterocycles. The molecule has 0 unspecified atom stereocenters. The highest BCUT2D eigenvalue weighted by Crippen LogP contribution is 2.01. The maximum absolute atomic E-state index is 10.6. The van der Waals surface area contributed by atoms with Gasteiger partial charge in [-0.05, 0) is 25.2 Å². The van der Waals surface area contributed by atoms with Crippen molar-refractivity contribution in [1.29, 1.82) is 0 Å². The summed E-state index contributed by atoms with van der Waals surface area (Å²) in [6.45, 7) is 1.57. The Bertz CT molecular complexity index is 221. The van der Waals surface area contributed by atoms with Gasteiger partial charge in [0.15, 0.2) is 0 Å². The predicted molar refractivity (Wildman–Crippen MR) is 31.6 cm³/mol. The zero-order chi connectivity index (χ0) is 6.85. The minimum absolute atomic E-state index is 0.391. The van der Waals surface area contributed by atoms with E-state index in [1.165, 1.54) is 12.2 Å². The lowest BCUT2D eigenvalue weighted by molar-refractivity contribution is -0.131. The Labute approximate surface area is 52.9 Å². The van der Waals surface area contributed by atoms with Crippen molar-refractivity contribution in [2.45, 2.75) is 6.92 Å². The summed E-state index contributed by atoms with van der Waals surface area (Å²) < 4.78 is 0. The number of ketones is 2. The third kappa shape index (κ3) is 0.964. The van der Waals surface area contributed by atoms with Crippen molar-refractivity contribution in [3.63, 3.8) is 0 Å². The molecular formula is C7H5O2. The zero-order valence-electron chi connectivity index (χ0n) is 4.97. The molecule has 0 spiro atoms. The van der Waals surface area contributed by atoms with Gasteiger partial charge in [-0.2, -0.15) is 0 Å². The average molecular weight is 121 g/mol. The van der Waals surface area contributed by atoms with Gasteiger partial charge in [-0.1, -0.05) is 0 Å². The van der Waals surface area contributed by atoms with Crippen LogP contribution in [-0.2, 0) is 9.59 Å². The molecular weight excluding hydrogens is 116 g/mol. The molecule has 9 heavy (non-hydrogen) atoms. The van der Waals surface area contributed by atoms with E-state index in [4.69, 9.17) is 0 Å². The summed E-state index contributed by atoms with van der Waals surface area (Å²) in [5.74, 6) is -0.899. The maximum Gasteiger partial charge on any atom is 0.229 e. The van der Waals surface area contributed by atoms with Gasteiger partial charge >= 0.3 is 0 Å². The summed E-state index contributed by atoms with van der Waals surface area (Å²) in [6, 6.07) is 0. The van der Waals surface area contributed by atoms with Gasteiger partial charge in [0.25, 0.3) is 0 Å². The predicted octanol–water partition coefficient (Wildman–Crippen LogP) is 0.444. The van der Waals surface area contributed by atoms with E-state index in [-0.39, 0.29) is 0 Å². The van der Waals surface area contributed by atoms with E-state index in [1.807, 2.05) is 0 Å². The molecule has 0 amide bonds. The second-order valence-electron chi connectivity index (χ2n) is 1.80. The van der Waals surface area contributed by atoms with E-state index in [0.717, 1.165) is 0 Å². The quantitative estimate of drug-likeness (QED) is 0.344. The van der Waals surface area contributed by atoms with E-state index in [2.05, 4.69) is 6.08 Å². The average Bonchev–Trinajstić information content (AvgIpc) is 1.83. The van der Waals surface area contributed by atoms with Crippen molar-refractivity contribution in [2.24, 2.45) is 0 Å². The van der Waals surface area contributed by atoms with Gasteiger partial charge in [0, 0.05) is 5.57 Å². The first-order valence-corrected chi connectivity index (χ1v) is 2.57. The van der Waals surface area contributed by atoms with Crippen LogP contribution in [0.15, 0.2) is 17.7 Å². The highest BCUT2D eigenvalue weighted by atomic mass is 16.2. The Kier molecular flexibility index (Phi) is 1.30. The Morgan fingerprint density at radius 3 is 2.56 bits per heavy atom. The molecule has 0 saturated heterocycles. The van der Waals surface area contributed by atoms with Crippen molar-refractivity contribution < 1.29 is 9.59 Å². The third-order valence-corrected chi connectivity index (χ3v) is 1.10. The standard InChI is InChI=1S/C7H5O2/c1-5-3-2-4-6(8)7(5)9/h2,4H,1H3. The molecule has 0 aromatic heterocycles. The van der Waals surface area contributed by atoms with E-state index >= 15 is 0 Å². The van der Waals surface area contributed by atoms with E-state index in [0.29, 0.717) is 5.57 Å². The van der Waals surface area contributed by atoms with Crippen LogP contribution in [0.2, 0.25) is 0 Å². The number of allylic oxidation sites excluding steroid dienone is 4. The zero-order valence-corrected chi connectivity index (χ0v) is 4.97. The molecule has 1 rings (SSSR count). The van der Waals surface area contributed by atoms with Crippen molar-refractivity contribution >= 4 is 11.6 Å². The smallest absolute Gasteiger partial charge is 0.229 e. The Morgan fingerprint density at radius 2 is 2.11 bits per heavy atom. The van der Waals surface area contributed by atoms with Crippen LogP contribution in [0.4, 0.5) is 0 Å². The number of hydrogen-bond donors (Lipinski definition) is 0. The molecule has 45 valence electrons. The highest BCUT2D eigenvalue weighted by Gasteiger charge is 2.14. The molecule has 1 aliphatic rings. The van der Waals surface area contributed by atoms with Crippen LogP contribution in [0, 0.1) is 6.08 Å². The molecule has 0 saturated carbocycles. The summed E-state index contributed by atoms with van der Waals surface area (Å²) in [7, 11) is 0. The fourth-order valence-corrected chi connectivity index (χ4v) is 0.568. The third-order valence-electron chi connectivity index (χ3n) is 1.10. The monoisotopic (exact) mass is 121 g/mol. The molecule has 0 heterocycles. The molecule has 1 radical (unpaired) electrons. The van der Waals surface area contributed by atoms with Gasteiger partial charge in [-0.15, -0.1) is 0 Å². The first kappa shape index (κ1) is 5.95. The number of carbonyl (C=O) groups is 2. The van der Waals surface area contributed by atoms with E-state index in [9.17, 15) is 9.59 Å². The van der Waals surface area contributed by atoms with Gasteiger partial charge in [0.05, 0.1) is 0 Å². The van der Waals surface area contributed by atoms with Crippen LogP contribution in [0.5, 0.6) is 0 Å². The summed E-state index contributed by atoms with van der Waals surface area (Å²) >= 11 is 0. The SMILES string of the molecule is CC1=[C]C=CC(=O)C1=O. The molecule has 2 heteroatoms. The van der Waals surface area contributed by atoms with Gasteiger partial charge in [-0.3, -0.25) is 9.59 Å². The lowest BCUT2D eigenvalue weighted by atomic mass is 10.0. The molecule has 2 nitrogen and oxygen atoms in total. The summed E-state index contributed by atoms with van der Waals surface area (Å²) in [5.41, 5.74) is 0.391. The van der Waals surface area contributed by atoms with Gasteiger partial charge < -0.3 is 0 Å². The first-order valence-electron chi connectivity index (χ1n) is 2.57. The molecule has 1 aliphatic carbocycles. The summed E-state index contributed by atoms with van der Waals surface area (Å²) in [5, 5.41) is 0. The lowest BCUT2D eigenvalue weighted by Gasteiger charge is -1.96. The Morgan fingerprint density at radius 1 is 1.44 bits per heavy atom. The normalized spacial score (nSPS) is 18.1. The first-order chi connectivity index (χ1) is 4.22. The Hall–Kier alpha value is -1.18. The minimum atomic E-state index is -0.453. The van der Waals surface area contributed by atoms with Crippen LogP contribution >= 0.6 is 0 Å². The van der Waals surface area contributed by atoms with Gasteiger partial charge in [-0.25, -0.2) is 0 Å². The number of hydrogen-bond acceptors (Lipinski definition) is 2. The van der Waals surface area contributed by atoms with Crippen LogP contribution in [0.25, 0.3) is 0 Å². The van der Waals surface area contributed by atoms with Gasteiger partial charge in [0.2, 0.25) is 11.6 Å². The highest BCUT2D eigenvalue weighted by molar-refractivity contribution is 6.47. The topological polar surface area (TPSA) is 34.1 Å². The van der Waals surface area contributed by atoms with Crippen molar-refractivity contribution in [2.75, 3.05) is 0 Å². The lowest BCUT2D eigenvalue weighted by Crippen LogP contribution is -2.14. The maximum atomic E-state index is 10.6. The van der Waals surface area contributed by atoms with Crippen LogP contribution in [-0.4, -0.2) is 11.6 Å². The van der Waals surface area contributed by atoms with Crippen LogP contribution in [0.1, 0.15) is 6.92 Å². The molecule has 0 N–H and O–H groups in total. The Balaban J connectivity index is 3.00. The largest absolute Gasteiger partial charge is 0.286 e. The van der Waals surface area contributed by atoms with Crippen molar-refractivity contribution in [1.82, 2.24) is 0 Å².